The molecular formula is C22H19N7O2. The Hall–Kier alpha value is -3.78. The van der Waals surface area contributed by atoms with Crippen LogP contribution in [0.15, 0.2) is 65.9 Å². The molecule has 0 saturated carbocycles. The lowest BCUT2D eigenvalue weighted by Gasteiger charge is -2.30. The summed E-state index contributed by atoms with van der Waals surface area (Å²) in [5.74, 6) is 0.779. The summed E-state index contributed by atoms with van der Waals surface area (Å²) in [6, 6.07) is 16.8. The van der Waals surface area contributed by atoms with E-state index in [9.17, 15) is 5.11 Å². The van der Waals surface area contributed by atoms with Gasteiger partial charge in [0.25, 0.3) is 0 Å². The van der Waals surface area contributed by atoms with Gasteiger partial charge in [-0.05, 0) is 35.9 Å². The Morgan fingerprint density at radius 2 is 2.03 bits per heavy atom. The van der Waals surface area contributed by atoms with E-state index in [-0.39, 0.29) is 18.6 Å². The molecule has 9 heteroatoms. The molecule has 31 heavy (non-hydrogen) atoms. The Balaban J connectivity index is 1.56. The molecule has 0 aliphatic carbocycles. The third-order valence-corrected chi connectivity index (χ3v) is 5.40. The summed E-state index contributed by atoms with van der Waals surface area (Å²) in [6.45, 7) is 1.01. The second-order valence-corrected chi connectivity index (χ2v) is 7.37. The van der Waals surface area contributed by atoms with Crippen LogP contribution in [0.2, 0.25) is 0 Å². The van der Waals surface area contributed by atoms with Crippen molar-refractivity contribution in [1.29, 1.82) is 0 Å². The lowest BCUT2D eigenvalue weighted by molar-refractivity contribution is -0.0446. The van der Waals surface area contributed by atoms with Crippen LogP contribution in [0.1, 0.15) is 17.4 Å². The van der Waals surface area contributed by atoms with E-state index in [0.717, 1.165) is 27.9 Å². The van der Waals surface area contributed by atoms with E-state index in [1.165, 1.54) is 0 Å². The molecule has 1 unspecified atom stereocenters. The molecule has 1 saturated heterocycles. The average Bonchev–Trinajstić information content (AvgIpc) is 3.21. The summed E-state index contributed by atoms with van der Waals surface area (Å²) in [5, 5.41) is 18.8. The Labute approximate surface area is 177 Å². The Kier molecular flexibility index (Phi) is 5.05. The van der Waals surface area contributed by atoms with Crippen LogP contribution in [0, 0.1) is 5.92 Å². The fraction of sp³-hybridized carbons (Fsp3) is 0.227. The summed E-state index contributed by atoms with van der Waals surface area (Å²) in [4.78, 5) is 12.2. The maximum atomic E-state index is 9.40. The first-order valence-electron chi connectivity index (χ1n) is 9.91. The summed E-state index contributed by atoms with van der Waals surface area (Å²) >= 11 is 0. The predicted molar refractivity (Wildman–Crippen MR) is 114 cm³/mol. The molecule has 0 spiro atoms. The van der Waals surface area contributed by atoms with Crippen molar-refractivity contribution in [3.05, 3.63) is 82.6 Å². The van der Waals surface area contributed by atoms with Crippen LogP contribution in [0.4, 0.5) is 0 Å². The van der Waals surface area contributed by atoms with Crippen LogP contribution < -0.4 is 0 Å². The number of pyridine rings is 2. The van der Waals surface area contributed by atoms with Crippen LogP contribution in [0.25, 0.3) is 38.4 Å². The molecule has 1 atom stereocenters. The third kappa shape index (κ3) is 3.62. The fourth-order valence-corrected chi connectivity index (χ4v) is 3.70. The van der Waals surface area contributed by atoms with Gasteiger partial charge < -0.3 is 9.84 Å². The van der Waals surface area contributed by atoms with Crippen LogP contribution in [-0.4, -0.2) is 38.1 Å². The zero-order chi connectivity index (χ0) is 21.2. The lowest BCUT2D eigenvalue weighted by atomic mass is 9.95. The van der Waals surface area contributed by atoms with Gasteiger partial charge in [-0.2, -0.15) is 5.10 Å². The fourth-order valence-electron chi connectivity index (χ4n) is 3.70. The maximum absolute atomic E-state index is 9.40. The van der Waals surface area contributed by atoms with Crippen molar-refractivity contribution in [1.82, 2.24) is 19.7 Å². The van der Waals surface area contributed by atoms with Crippen molar-refractivity contribution in [2.75, 3.05) is 13.2 Å². The molecule has 1 aliphatic heterocycles. The number of hydrogen-bond acceptors (Lipinski definition) is 6. The molecule has 3 aromatic heterocycles. The minimum Gasteiger partial charge on any atom is -0.390 e. The molecule has 1 aliphatic rings. The van der Waals surface area contributed by atoms with Gasteiger partial charge in [-0.15, -0.1) is 0 Å². The number of aromatic nitrogens is 4. The van der Waals surface area contributed by atoms with Crippen LogP contribution in [-0.2, 0) is 11.3 Å². The summed E-state index contributed by atoms with van der Waals surface area (Å²) in [7, 11) is 0. The van der Waals surface area contributed by atoms with Gasteiger partial charge in [0.15, 0.2) is 5.82 Å². The molecular weight excluding hydrogens is 394 g/mol. The highest BCUT2D eigenvalue weighted by Crippen LogP contribution is 2.32. The molecule has 4 heterocycles. The van der Waals surface area contributed by atoms with Gasteiger partial charge in [-0.25, -0.2) is 9.67 Å². The zero-order valence-electron chi connectivity index (χ0n) is 16.5. The monoisotopic (exact) mass is 413 g/mol. The van der Waals surface area contributed by atoms with Crippen LogP contribution >= 0.6 is 0 Å². The van der Waals surface area contributed by atoms with Gasteiger partial charge in [0.2, 0.25) is 0 Å². The topological polar surface area (TPSA) is 122 Å². The molecule has 1 fully saturated rings. The van der Waals surface area contributed by atoms with Gasteiger partial charge in [-0.1, -0.05) is 29.4 Å². The molecule has 0 amide bonds. The quantitative estimate of drug-likeness (QED) is 0.291. The number of benzene rings is 1. The van der Waals surface area contributed by atoms with Crippen molar-refractivity contribution >= 4 is 10.9 Å². The zero-order valence-corrected chi connectivity index (χ0v) is 16.5. The number of aliphatic hydroxyl groups is 1. The number of ether oxygens (including phenoxy) is 1. The highest BCUT2D eigenvalue weighted by molar-refractivity contribution is 5.84. The van der Waals surface area contributed by atoms with E-state index < -0.39 is 0 Å². The maximum Gasteiger partial charge on any atom is 0.154 e. The first-order chi connectivity index (χ1) is 15.3. The van der Waals surface area contributed by atoms with Crippen molar-refractivity contribution < 1.29 is 9.84 Å². The van der Waals surface area contributed by atoms with E-state index in [2.05, 4.69) is 20.1 Å². The molecule has 1 aromatic carbocycles. The SMILES string of the molecule is [N-]=[N+]=NC(c1cccc(-c2ccc3cnn(-c4cccc(CO)n4)c3c2)n1)C1COC1. The first kappa shape index (κ1) is 19.2. The highest BCUT2D eigenvalue weighted by Gasteiger charge is 2.30. The van der Waals surface area contributed by atoms with E-state index in [0.29, 0.717) is 24.7 Å². The lowest BCUT2D eigenvalue weighted by Crippen LogP contribution is -2.32. The molecule has 1 N–H and O–H groups in total. The largest absolute Gasteiger partial charge is 0.390 e. The van der Waals surface area contributed by atoms with Crippen molar-refractivity contribution in [2.24, 2.45) is 11.0 Å². The molecule has 9 nitrogen and oxygen atoms in total. The van der Waals surface area contributed by atoms with Gasteiger partial charge in [0, 0.05) is 21.8 Å². The van der Waals surface area contributed by atoms with E-state index in [4.69, 9.17) is 15.3 Å². The molecule has 0 bridgehead atoms. The van der Waals surface area contributed by atoms with Crippen LogP contribution in [0.3, 0.4) is 0 Å². The first-order valence-corrected chi connectivity index (χ1v) is 9.91. The summed E-state index contributed by atoms with van der Waals surface area (Å²) in [6.07, 6.45) is 1.78. The van der Waals surface area contributed by atoms with E-state index >= 15 is 0 Å². The van der Waals surface area contributed by atoms with Crippen molar-refractivity contribution in [3.63, 3.8) is 0 Å². The molecule has 0 radical (unpaired) electrons. The van der Waals surface area contributed by atoms with Crippen LogP contribution in [0.5, 0.6) is 0 Å². The van der Waals surface area contributed by atoms with Gasteiger partial charge in [0.1, 0.15) is 0 Å². The van der Waals surface area contributed by atoms with E-state index in [1.54, 1.807) is 16.9 Å². The number of azide groups is 1. The second kappa shape index (κ2) is 8.16. The molecule has 154 valence electrons. The van der Waals surface area contributed by atoms with Gasteiger partial charge in [0.05, 0.1) is 54.7 Å². The molecule has 4 aromatic rings. The number of hydrogen-bond donors (Lipinski definition) is 1. The number of aliphatic hydroxyl groups excluding tert-OH is 1. The summed E-state index contributed by atoms with van der Waals surface area (Å²) < 4.78 is 7.01. The minimum atomic E-state index is -0.349. The third-order valence-electron chi connectivity index (χ3n) is 5.40. The highest BCUT2D eigenvalue weighted by atomic mass is 16.5. The predicted octanol–water partition coefficient (Wildman–Crippen LogP) is 3.97. The summed E-state index contributed by atoms with van der Waals surface area (Å²) in [5.41, 5.74) is 12.9. The number of rotatable bonds is 6. The minimum absolute atomic E-state index is 0.132. The van der Waals surface area contributed by atoms with Crippen molar-refractivity contribution in [3.8, 4) is 17.1 Å². The second-order valence-electron chi connectivity index (χ2n) is 7.37. The number of fused-ring (bicyclic) bond motifs is 1. The average molecular weight is 413 g/mol. The normalized spacial score (nSPS) is 14.7. The Bertz CT molecular complexity index is 1290. The van der Waals surface area contributed by atoms with Crippen molar-refractivity contribution in [2.45, 2.75) is 12.6 Å². The smallest absolute Gasteiger partial charge is 0.154 e. The van der Waals surface area contributed by atoms with Gasteiger partial charge >= 0.3 is 0 Å². The Morgan fingerprint density at radius 3 is 2.81 bits per heavy atom. The standard InChI is InChI=1S/C22H19N7O2/c23-28-27-22(16-12-31-13-16)19-5-2-4-18(26-19)14-7-8-15-10-24-29(20(15)9-14)21-6-1-3-17(11-30)25-21/h1-10,16,22,30H,11-13H2. The Morgan fingerprint density at radius 1 is 1.16 bits per heavy atom. The molecule has 5 rings (SSSR count). The van der Waals surface area contributed by atoms with E-state index in [1.807, 2.05) is 48.5 Å². The van der Waals surface area contributed by atoms with Gasteiger partial charge in [-0.3, -0.25) is 4.98 Å². The number of nitrogens with zero attached hydrogens (tertiary/aromatic N) is 7.